The Bertz CT molecular complexity index is 369. The minimum absolute atomic E-state index is 0.0626. The third-order valence-corrected chi connectivity index (χ3v) is 4.17. The number of rotatable bonds is 2. The second-order valence-electron chi connectivity index (χ2n) is 6.91. The maximum absolute atomic E-state index is 12.7. The zero-order valence-electron chi connectivity index (χ0n) is 13.7. The molecule has 1 fully saturated rings. The number of piperidine rings is 1. The molecule has 0 aromatic carbocycles. The lowest BCUT2D eigenvalue weighted by atomic mass is 9.77. The van der Waals surface area contributed by atoms with Gasteiger partial charge in [-0.1, -0.05) is 0 Å². The number of amides is 2. The summed E-state index contributed by atoms with van der Waals surface area (Å²) in [6.07, 6.45) is 1.43. The molecule has 0 aromatic rings. The molecule has 2 N–H and O–H groups in total. The molecule has 0 radical (unpaired) electrons. The van der Waals surface area contributed by atoms with Gasteiger partial charge in [-0.3, -0.25) is 9.59 Å². The van der Waals surface area contributed by atoms with Crippen LogP contribution in [0.4, 0.5) is 0 Å². The molecule has 0 spiro atoms. The summed E-state index contributed by atoms with van der Waals surface area (Å²) in [4.78, 5) is 28.4. The van der Waals surface area contributed by atoms with Gasteiger partial charge in [-0.15, -0.1) is 0 Å². The van der Waals surface area contributed by atoms with Crippen molar-refractivity contribution in [2.45, 2.75) is 71.5 Å². The number of hydrogen-bond donors (Lipinski definition) is 1. The van der Waals surface area contributed by atoms with Crippen molar-refractivity contribution in [3.63, 3.8) is 0 Å². The van der Waals surface area contributed by atoms with Gasteiger partial charge in [0, 0.05) is 30.2 Å². The van der Waals surface area contributed by atoms with Crippen LogP contribution >= 0.6 is 0 Å². The fourth-order valence-electron chi connectivity index (χ4n) is 3.65. The van der Waals surface area contributed by atoms with E-state index in [0.717, 1.165) is 0 Å². The van der Waals surface area contributed by atoms with E-state index in [4.69, 9.17) is 5.73 Å². The van der Waals surface area contributed by atoms with Gasteiger partial charge in [0.1, 0.15) is 0 Å². The molecule has 5 heteroatoms. The summed E-state index contributed by atoms with van der Waals surface area (Å²) in [6.45, 7) is 12.8. The predicted molar refractivity (Wildman–Crippen MR) is 80.1 cm³/mol. The highest BCUT2D eigenvalue weighted by molar-refractivity contribution is 6.35. The highest BCUT2D eigenvalue weighted by Crippen LogP contribution is 2.37. The molecule has 1 aliphatic rings. The normalized spacial score (nSPS) is 21.6. The largest absolute Gasteiger partial charge is 0.335 e. The molecule has 0 unspecified atom stereocenters. The van der Waals surface area contributed by atoms with Crippen molar-refractivity contribution in [2.24, 2.45) is 5.73 Å². The van der Waals surface area contributed by atoms with Crippen molar-refractivity contribution in [1.29, 1.82) is 0 Å². The second kappa shape index (κ2) is 5.72. The van der Waals surface area contributed by atoms with Gasteiger partial charge in [-0.2, -0.15) is 0 Å². The number of nitrogens with zero attached hydrogens (tertiary/aromatic N) is 2. The fraction of sp³-hybridized carbons (Fsp3) is 0.867. The molecule has 2 amide bonds. The Morgan fingerprint density at radius 3 is 1.85 bits per heavy atom. The van der Waals surface area contributed by atoms with Crippen LogP contribution in [0.1, 0.15) is 54.4 Å². The van der Waals surface area contributed by atoms with Crippen LogP contribution < -0.4 is 5.73 Å². The van der Waals surface area contributed by atoms with E-state index in [2.05, 4.69) is 0 Å². The number of likely N-dealkylation sites (N-methyl/N-ethyl adjacent to an activating group) is 1. The topological polar surface area (TPSA) is 66.6 Å². The van der Waals surface area contributed by atoms with Crippen molar-refractivity contribution in [2.75, 3.05) is 13.1 Å². The molecule has 1 heterocycles. The van der Waals surface area contributed by atoms with Gasteiger partial charge in [-0.05, 0) is 54.4 Å². The van der Waals surface area contributed by atoms with E-state index >= 15 is 0 Å². The Kier molecular flexibility index (Phi) is 4.85. The standard InChI is InChI=1S/C15H29N3O2/c1-7-17(8-2)12(19)13(20)18-14(3,4)9-11(16)10-15(18,5)6/h11H,7-10,16H2,1-6H3. The summed E-state index contributed by atoms with van der Waals surface area (Å²) >= 11 is 0. The lowest BCUT2D eigenvalue weighted by Crippen LogP contribution is -2.67. The predicted octanol–water partition coefficient (Wildman–Crippen LogP) is 1.36. The minimum Gasteiger partial charge on any atom is -0.335 e. The van der Waals surface area contributed by atoms with Crippen molar-refractivity contribution in [3.8, 4) is 0 Å². The van der Waals surface area contributed by atoms with Gasteiger partial charge in [0.25, 0.3) is 0 Å². The number of nitrogens with two attached hydrogens (primary N) is 1. The molecule has 5 nitrogen and oxygen atoms in total. The van der Waals surface area contributed by atoms with E-state index in [-0.39, 0.29) is 6.04 Å². The SMILES string of the molecule is CCN(CC)C(=O)C(=O)N1C(C)(C)CC(N)CC1(C)C. The Morgan fingerprint density at radius 1 is 1.10 bits per heavy atom. The van der Waals surface area contributed by atoms with Crippen LogP contribution in [0.3, 0.4) is 0 Å². The van der Waals surface area contributed by atoms with E-state index in [1.54, 1.807) is 9.80 Å². The molecule has 0 aliphatic carbocycles. The summed E-state index contributed by atoms with van der Waals surface area (Å²) in [5.74, 6) is -0.817. The molecular formula is C15H29N3O2. The molecule has 1 saturated heterocycles. The summed E-state index contributed by atoms with van der Waals surface area (Å²) in [7, 11) is 0. The Labute approximate surface area is 122 Å². The smallest absolute Gasteiger partial charge is 0.312 e. The Hall–Kier alpha value is -1.10. The van der Waals surface area contributed by atoms with Gasteiger partial charge in [0.2, 0.25) is 0 Å². The number of carbonyl (C=O) groups excluding carboxylic acids is 2. The fourth-order valence-corrected chi connectivity index (χ4v) is 3.65. The van der Waals surface area contributed by atoms with Crippen molar-refractivity contribution < 1.29 is 9.59 Å². The molecule has 20 heavy (non-hydrogen) atoms. The van der Waals surface area contributed by atoms with Gasteiger partial charge < -0.3 is 15.5 Å². The maximum Gasteiger partial charge on any atom is 0.312 e. The number of hydrogen-bond acceptors (Lipinski definition) is 3. The molecule has 1 aliphatic heterocycles. The highest BCUT2D eigenvalue weighted by Gasteiger charge is 2.48. The second-order valence-corrected chi connectivity index (χ2v) is 6.91. The lowest BCUT2D eigenvalue weighted by Gasteiger charge is -2.54. The van der Waals surface area contributed by atoms with E-state index in [0.29, 0.717) is 25.9 Å². The van der Waals surface area contributed by atoms with Crippen molar-refractivity contribution in [3.05, 3.63) is 0 Å². The summed E-state index contributed by atoms with van der Waals surface area (Å²) in [5, 5.41) is 0. The highest BCUT2D eigenvalue weighted by atomic mass is 16.2. The van der Waals surface area contributed by atoms with Crippen molar-refractivity contribution >= 4 is 11.8 Å². The molecule has 1 rings (SSSR count). The molecule has 0 atom stereocenters. The maximum atomic E-state index is 12.7. The third kappa shape index (κ3) is 3.14. The van der Waals surface area contributed by atoms with E-state index in [9.17, 15) is 9.59 Å². The van der Waals surface area contributed by atoms with Crippen molar-refractivity contribution in [1.82, 2.24) is 9.80 Å². The minimum atomic E-state index is -0.411. The molecule has 0 saturated carbocycles. The molecular weight excluding hydrogens is 254 g/mol. The van der Waals surface area contributed by atoms with Crippen LogP contribution in [-0.2, 0) is 9.59 Å². The average Bonchev–Trinajstić information content (AvgIpc) is 2.26. The first-order valence-corrected chi connectivity index (χ1v) is 7.46. The van der Waals surface area contributed by atoms with Gasteiger partial charge in [0.05, 0.1) is 0 Å². The first-order chi connectivity index (χ1) is 9.06. The van der Waals surface area contributed by atoms with Gasteiger partial charge in [-0.25, -0.2) is 0 Å². The van der Waals surface area contributed by atoms with Crippen LogP contribution in [0.2, 0.25) is 0 Å². The molecule has 0 aromatic heterocycles. The van der Waals surface area contributed by atoms with E-state index in [1.165, 1.54) is 0 Å². The first-order valence-electron chi connectivity index (χ1n) is 7.46. The van der Waals surface area contributed by atoms with E-state index < -0.39 is 22.9 Å². The molecule has 116 valence electrons. The van der Waals surface area contributed by atoms with Crippen LogP contribution in [0, 0.1) is 0 Å². The average molecular weight is 283 g/mol. The van der Waals surface area contributed by atoms with E-state index in [1.807, 2.05) is 41.5 Å². The zero-order chi connectivity index (χ0) is 15.7. The monoisotopic (exact) mass is 283 g/mol. The first kappa shape index (κ1) is 17.0. The Balaban J connectivity index is 3.08. The zero-order valence-corrected chi connectivity index (χ0v) is 13.7. The summed E-state index contributed by atoms with van der Waals surface area (Å²) < 4.78 is 0. The van der Waals surface area contributed by atoms with Crippen LogP contribution in [0.25, 0.3) is 0 Å². The van der Waals surface area contributed by atoms with Crippen LogP contribution in [0.15, 0.2) is 0 Å². The van der Waals surface area contributed by atoms with Crippen LogP contribution in [-0.4, -0.2) is 51.8 Å². The van der Waals surface area contributed by atoms with Gasteiger partial charge >= 0.3 is 11.8 Å². The third-order valence-electron chi connectivity index (χ3n) is 4.17. The Morgan fingerprint density at radius 2 is 1.50 bits per heavy atom. The summed E-state index contributed by atoms with van der Waals surface area (Å²) in [5.41, 5.74) is 5.30. The number of likely N-dealkylation sites (tertiary alicyclic amines) is 1. The lowest BCUT2D eigenvalue weighted by molar-refractivity contribution is -0.163. The summed E-state index contributed by atoms with van der Waals surface area (Å²) in [6, 6.07) is 0.0626. The molecule has 0 bridgehead atoms. The van der Waals surface area contributed by atoms with Crippen LogP contribution in [0.5, 0.6) is 0 Å². The quantitative estimate of drug-likeness (QED) is 0.778. The number of carbonyl (C=O) groups is 2. The van der Waals surface area contributed by atoms with Gasteiger partial charge in [0.15, 0.2) is 0 Å².